The lowest BCUT2D eigenvalue weighted by molar-refractivity contribution is 0.481. The van der Waals surface area contributed by atoms with E-state index in [1.54, 1.807) is 6.07 Å². The normalized spacial score (nSPS) is 11.2. The van der Waals surface area contributed by atoms with E-state index in [1.165, 1.54) is 11.3 Å². The van der Waals surface area contributed by atoms with E-state index in [2.05, 4.69) is 24.1 Å². The number of aromatic amines is 1. The maximum atomic E-state index is 11.8. The second-order valence-electron chi connectivity index (χ2n) is 4.00. The van der Waals surface area contributed by atoms with Crippen LogP contribution in [0.25, 0.3) is 10.2 Å². The molecular weight excluding hydrogens is 236 g/mol. The highest BCUT2D eigenvalue weighted by molar-refractivity contribution is 7.17. The van der Waals surface area contributed by atoms with Gasteiger partial charge in [-0.25, -0.2) is 0 Å². The largest absolute Gasteiger partial charge is 0.504 e. The molecule has 0 aliphatic heterocycles. The molecule has 0 amide bonds. The van der Waals surface area contributed by atoms with Gasteiger partial charge < -0.3 is 15.4 Å². The quantitative estimate of drug-likeness (QED) is 0.784. The summed E-state index contributed by atoms with van der Waals surface area (Å²) in [5, 5.41) is 15.0. The molecule has 0 saturated carbocycles. The topological polar surface area (TPSA) is 65.1 Å². The number of thiophene rings is 1. The molecule has 0 bridgehead atoms. The standard InChI is InChI=1S/C12H16N2O2S/c1-3-7(4-2)13-9-10(15)11-8(5-6-17-11)14-12(9)16/h5-7,13H,3-4H2,1-2H3,(H2,14,15,16). The molecule has 0 spiro atoms. The number of nitrogens with one attached hydrogen (secondary N) is 2. The van der Waals surface area contributed by atoms with Gasteiger partial charge in [0.25, 0.3) is 5.56 Å². The van der Waals surface area contributed by atoms with Gasteiger partial charge in [0.15, 0.2) is 5.75 Å². The predicted molar refractivity (Wildman–Crippen MR) is 72.1 cm³/mol. The van der Waals surface area contributed by atoms with Crippen molar-refractivity contribution in [1.82, 2.24) is 4.98 Å². The van der Waals surface area contributed by atoms with Crippen LogP contribution in [0.4, 0.5) is 5.69 Å². The van der Waals surface area contributed by atoms with Gasteiger partial charge in [0.1, 0.15) is 5.69 Å². The number of aromatic hydroxyl groups is 1. The summed E-state index contributed by atoms with van der Waals surface area (Å²) in [6.45, 7) is 4.10. The van der Waals surface area contributed by atoms with Crippen LogP contribution in [0, 0.1) is 0 Å². The maximum absolute atomic E-state index is 11.8. The van der Waals surface area contributed by atoms with Crippen molar-refractivity contribution in [3.05, 3.63) is 21.8 Å². The number of hydrogen-bond donors (Lipinski definition) is 3. The van der Waals surface area contributed by atoms with Crippen LogP contribution in [0.5, 0.6) is 5.75 Å². The van der Waals surface area contributed by atoms with Crippen LogP contribution in [0.1, 0.15) is 26.7 Å². The number of H-pyrrole nitrogens is 1. The van der Waals surface area contributed by atoms with Crippen LogP contribution in [0.2, 0.25) is 0 Å². The van der Waals surface area contributed by atoms with Crippen molar-refractivity contribution in [2.45, 2.75) is 32.7 Å². The van der Waals surface area contributed by atoms with E-state index in [1.807, 2.05) is 5.38 Å². The Kier molecular flexibility index (Phi) is 3.38. The zero-order valence-electron chi connectivity index (χ0n) is 9.91. The molecule has 0 radical (unpaired) electrons. The van der Waals surface area contributed by atoms with Gasteiger partial charge in [-0.2, -0.15) is 0 Å². The second-order valence-corrected chi connectivity index (χ2v) is 4.92. The van der Waals surface area contributed by atoms with Gasteiger partial charge in [0, 0.05) is 6.04 Å². The Morgan fingerprint density at radius 3 is 2.82 bits per heavy atom. The molecule has 2 aromatic rings. The van der Waals surface area contributed by atoms with Crippen LogP contribution in [-0.4, -0.2) is 16.1 Å². The first-order valence-corrected chi connectivity index (χ1v) is 6.64. The molecule has 2 rings (SSSR count). The lowest BCUT2D eigenvalue weighted by atomic mass is 10.1. The molecular formula is C12H16N2O2S. The molecule has 0 aliphatic rings. The zero-order chi connectivity index (χ0) is 12.4. The lowest BCUT2D eigenvalue weighted by Gasteiger charge is -2.16. The average molecular weight is 252 g/mol. The minimum Gasteiger partial charge on any atom is -0.504 e. The molecule has 92 valence electrons. The molecule has 0 saturated heterocycles. The number of rotatable bonds is 4. The summed E-state index contributed by atoms with van der Waals surface area (Å²) in [4.78, 5) is 14.6. The Labute approximate surface area is 103 Å². The number of pyridine rings is 1. The summed E-state index contributed by atoms with van der Waals surface area (Å²) >= 11 is 1.42. The Hall–Kier alpha value is -1.49. The van der Waals surface area contributed by atoms with Crippen LogP contribution < -0.4 is 10.9 Å². The Morgan fingerprint density at radius 1 is 1.47 bits per heavy atom. The third kappa shape index (κ3) is 2.15. The fourth-order valence-corrected chi connectivity index (χ4v) is 2.63. The third-order valence-corrected chi connectivity index (χ3v) is 3.85. The van der Waals surface area contributed by atoms with E-state index in [9.17, 15) is 9.90 Å². The van der Waals surface area contributed by atoms with E-state index in [0.717, 1.165) is 17.5 Å². The van der Waals surface area contributed by atoms with Gasteiger partial charge in [-0.3, -0.25) is 4.79 Å². The van der Waals surface area contributed by atoms with Crippen molar-refractivity contribution in [1.29, 1.82) is 0 Å². The van der Waals surface area contributed by atoms with Crippen LogP contribution >= 0.6 is 11.3 Å². The van der Waals surface area contributed by atoms with Crippen molar-refractivity contribution in [3.63, 3.8) is 0 Å². The van der Waals surface area contributed by atoms with E-state index >= 15 is 0 Å². The van der Waals surface area contributed by atoms with Crippen LogP contribution in [0.3, 0.4) is 0 Å². The molecule has 0 aliphatic carbocycles. The van der Waals surface area contributed by atoms with Crippen LogP contribution in [-0.2, 0) is 0 Å². The monoisotopic (exact) mass is 252 g/mol. The highest BCUT2D eigenvalue weighted by Gasteiger charge is 2.14. The molecule has 5 heteroatoms. The molecule has 17 heavy (non-hydrogen) atoms. The van der Waals surface area contributed by atoms with E-state index in [-0.39, 0.29) is 23.0 Å². The highest BCUT2D eigenvalue weighted by atomic mass is 32.1. The first-order valence-electron chi connectivity index (χ1n) is 5.76. The molecule has 2 heterocycles. The minimum absolute atomic E-state index is 0.0608. The van der Waals surface area contributed by atoms with E-state index < -0.39 is 0 Å². The zero-order valence-corrected chi connectivity index (χ0v) is 10.7. The molecule has 0 aromatic carbocycles. The van der Waals surface area contributed by atoms with Gasteiger partial charge in [-0.15, -0.1) is 11.3 Å². The molecule has 4 nitrogen and oxygen atoms in total. The molecule has 0 unspecified atom stereocenters. The van der Waals surface area contributed by atoms with Crippen molar-refractivity contribution in [2.75, 3.05) is 5.32 Å². The van der Waals surface area contributed by atoms with Gasteiger partial charge >= 0.3 is 0 Å². The van der Waals surface area contributed by atoms with Crippen LogP contribution in [0.15, 0.2) is 16.2 Å². The molecule has 2 aromatic heterocycles. The number of anilines is 1. The molecule has 0 atom stereocenters. The Morgan fingerprint density at radius 2 is 2.18 bits per heavy atom. The Bertz CT molecular complexity index is 569. The Balaban J connectivity index is 2.49. The smallest absolute Gasteiger partial charge is 0.275 e. The average Bonchev–Trinajstić information content (AvgIpc) is 2.77. The summed E-state index contributed by atoms with van der Waals surface area (Å²) in [5.74, 6) is 0.0608. The van der Waals surface area contributed by atoms with Gasteiger partial charge in [-0.05, 0) is 24.3 Å². The maximum Gasteiger partial charge on any atom is 0.275 e. The van der Waals surface area contributed by atoms with Crippen molar-refractivity contribution in [3.8, 4) is 5.75 Å². The second kappa shape index (κ2) is 4.79. The first-order chi connectivity index (χ1) is 8.17. The summed E-state index contributed by atoms with van der Waals surface area (Å²) in [5.41, 5.74) is 0.710. The van der Waals surface area contributed by atoms with Crippen molar-refractivity contribution >= 4 is 27.2 Å². The van der Waals surface area contributed by atoms with Gasteiger partial charge in [0.05, 0.1) is 10.2 Å². The van der Waals surface area contributed by atoms with Crippen molar-refractivity contribution < 1.29 is 5.11 Å². The number of fused-ring (bicyclic) bond motifs is 1. The third-order valence-electron chi connectivity index (χ3n) is 2.93. The van der Waals surface area contributed by atoms with Gasteiger partial charge in [-0.1, -0.05) is 13.8 Å². The fourth-order valence-electron chi connectivity index (χ4n) is 1.83. The SMILES string of the molecule is CCC(CC)Nc1c(O)c2sccc2[nH]c1=O. The molecule has 0 fully saturated rings. The predicted octanol–water partition coefficient (Wildman–Crippen LogP) is 2.90. The molecule has 3 N–H and O–H groups in total. The van der Waals surface area contributed by atoms with Crippen molar-refractivity contribution in [2.24, 2.45) is 0 Å². The number of hydrogen-bond acceptors (Lipinski definition) is 4. The lowest BCUT2D eigenvalue weighted by Crippen LogP contribution is -2.23. The van der Waals surface area contributed by atoms with E-state index in [4.69, 9.17) is 0 Å². The van der Waals surface area contributed by atoms with Gasteiger partial charge in [0.2, 0.25) is 0 Å². The highest BCUT2D eigenvalue weighted by Crippen LogP contribution is 2.32. The minimum atomic E-state index is -0.264. The summed E-state index contributed by atoms with van der Waals surface area (Å²) in [6.07, 6.45) is 1.83. The number of aromatic nitrogens is 1. The first kappa shape index (κ1) is 12.0. The summed E-state index contributed by atoms with van der Waals surface area (Å²) in [7, 11) is 0. The summed E-state index contributed by atoms with van der Waals surface area (Å²) in [6, 6.07) is 2.00. The summed E-state index contributed by atoms with van der Waals surface area (Å²) < 4.78 is 0.720. The fraction of sp³-hybridized carbons (Fsp3) is 0.417. The van der Waals surface area contributed by atoms with E-state index in [0.29, 0.717) is 5.52 Å².